The largest absolute Gasteiger partial charge is 0.237 e. The van der Waals surface area contributed by atoms with Crippen molar-refractivity contribution in [1.29, 1.82) is 0 Å². The minimum absolute atomic E-state index is 1.80. The molecule has 1 aliphatic carbocycles. The molecule has 0 N–H and O–H groups in total. The lowest BCUT2D eigenvalue weighted by Gasteiger charge is -2.28. The maximum Gasteiger partial charge on any atom is 0.197 e. The Hall–Kier alpha value is -2.26. The van der Waals surface area contributed by atoms with E-state index in [1.165, 1.54) is 0 Å². The van der Waals surface area contributed by atoms with Crippen molar-refractivity contribution >= 4 is 0 Å². The van der Waals surface area contributed by atoms with Gasteiger partial charge in [0.25, 0.3) is 0 Å². The summed E-state index contributed by atoms with van der Waals surface area (Å²) in [6.07, 6.45) is -6.59. The predicted octanol–water partition coefficient (Wildman–Crippen LogP) is 5.23. The quantitative estimate of drug-likeness (QED) is 0.343. The number of rotatable bonds is 0. The number of halogens is 10. The molecule has 2 aromatic carbocycles. The fourth-order valence-electron chi connectivity index (χ4n) is 2.61. The summed E-state index contributed by atoms with van der Waals surface area (Å²) < 4.78 is 136. The van der Waals surface area contributed by atoms with Crippen LogP contribution in [0.5, 0.6) is 0 Å². The second-order valence-corrected chi connectivity index (χ2v) is 4.89. The average molecular weight is 360 g/mol. The lowest BCUT2D eigenvalue weighted by Crippen LogP contribution is -2.24. The molecule has 0 saturated carbocycles. The van der Waals surface area contributed by atoms with Gasteiger partial charge in [0.05, 0.1) is 0 Å². The molecule has 0 unspecified atom stereocenters. The Morgan fingerprint density at radius 3 is 0.667 bits per heavy atom. The van der Waals surface area contributed by atoms with Crippen LogP contribution in [0, 0.1) is 46.5 Å². The Morgan fingerprint density at radius 2 is 0.500 bits per heavy atom. The summed E-state index contributed by atoms with van der Waals surface area (Å²) in [5, 5.41) is 0. The minimum atomic E-state index is -3.30. The van der Waals surface area contributed by atoms with Crippen molar-refractivity contribution in [2.45, 2.75) is 12.3 Å². The SMILES string of the molecule is Fc1c(F)c(F)c2c(c1F)C(F)c1c(F)c(F)c(F)c(F)c1C2F. The van der Waals surface area contributed by atoms with Crippen LogP contribution in [0.25, 0.3) is 0 Å². The van der Waals surface area contributed by atoms with Crippen molar-refractivity contribution in [2.75, 3.05) is 0 Å². The van der Waals surface area contributed by atoms with Crippen LogP contribution < -0.4 is 0 Å². The fourth-order valence-corrected chi connectivity index (χ4v) is 2.61. The highest BCUT2D eigenvalue weighted by Crippen LogP contribution is 2.50. The van der Waals surface area contributed by atoms with Gasteiger partial charge in [0.15, 0.2) is 58.9 Å². The number of alkyl halides is 2. The molecule has 0 fully saturated rings. The van der Waals surface area contributed by atoms with Gasteiger partial charge in [0.2, 0.25) is 0 Å². The molecule has 1 aliphatic rings. The van der Waals surface area contributed by atoms with Gasteiger partial charge in [-0.1, -0.05) is 0 Å². The van der Waals surface area contributed by atoms with E-state index in [1.807, 2.05) is 0 Å². The molecule has 0 atom stereocenters. The van der Waals surface area contributed by atoms with Gasteiger partial charge >= 0.3 is 0 Å². The highest BCUT2D eigenvalue weighted by molar-refractivity contribution is 5.53. The van der Waals surface area contributed by atoms with Crippen LogP contribution in [-0.4, -0.2) is 0 Å². The fraction of sp³-hybridized carbons (Fsp3) is 0.143. The van der Waals surface area contributed by atoms with E-state index in [0.717, 1.165) is 0 Å². The third-order valence-electron chi connectivity index (χ3n) is 3.70. The summed E-state index contributed by atoms with van der Waals surface area (Å²) in [5.74, 6) is -19.7. The van der Waals surface area contributed by atoms with Crippen LogP contribution in [0.2, 0.25) is 0 Å². The first-order valence-corrected chi connectivity index (χ1v) is 6.10. The molecule has 128 valence electrons. The smallest absolute Gasteiger partial charge is 0.197 e. The van der Waals surface area contributed by atoms with E-state index < -0.39 is 81.1 Å². The second-order valence-electron chi connectivity index (χ2n) is 4.89. The van der Waals surface area contributed by atoms with Gasteiger partial charge < -0.3 is 0 Å². The van der Waals surface area contributed by atoms with Crippen molar-refractivity contribution in [3.05, 3.63) is 68.8 Å². The van der Waals surface area contributed by atoms with Crippen molar-refractivity contribution in [2.24, 2.45) is 0 Å². The zero-order chi connectivity index (χ0) is 18.1. The monoisotopic (exact) mass is 360 g/mol. The maximum atomic E-state index is 14.3. The van der Waals surface area contributed by atoms with Gasteiger partial charge in [-0.15, -0.1) is 0 Å². The molecule has 0 nitrogen and oxygen atoms in total. The lowest BCUT2D eigenvalue weighted by molar-refractivity contribution is 0.276. The Balaban J connectivity index is 2.48. The maximum absolute atomic E-state index is 14.3. The minimum Gasteiger partial charge on any atom is -0.237 e. The van der Waals surface area contributed by atoms with Gasteiger partial charge in [-0.3, -0.25) is 0 Å². The van der Waals surface area contributed by atoms with Crippen molar-refractivity contribution in [3.8, 4) is 0 Å². The molecule has 3 rings (SSSR count). The lowest BCUT2D eigenvalue weighted by atomic mass is 9.81. The third-order valence-corrected chi connectivity index (χ3v) is 3.70. The molecule has 0 spiro atoms. The summed E-state index contributed by atoms with van der Waals surface area (Å²) >= 11 is 0. The van der Waals surface area contributed by atoms with Crippen LogP contribution in [0.15, 0.2) is 0 Å². The van der Waals surface area contributed by atoms with Crippen LogP contribution >= 0.6 is 0 Å². The normalized spacial score (nSPS) is 19.2. The van der Waals surface area contributed by atoms with Crippen molar-refractivity contribution in [1.82, 2.24) is 0 Å². The molecule has 0 aliphatic heterocycles. The molecular formula is C14H2F10. The zero-order valence-corrected chi connectivity index (χ0v) is 10.9. The number of hydrogen-bond donors (Lipinski definition) is 0. The van der Waals surface area contributed by atoms with E-state index in [9.17, 15) is 43.9 Å². The van der Waals surface area contributed by atoms with E-state index in [4.69, 9.17) is 0 Å². The van der Waals surface area contributed by atoms with E-state index in [1.54, 1.807) is 0 Å². The molecule has 10 heteroatoms. The summed E-state index contributed by atoms with van der Waals surface area (Å²) in [6, 6.07) is 0. The zero-order valence-electron chi connectivity index (χ0n) is 10.9. The molecular weight excluding hydrogens is 358 g/mol. The highest BCUT2D eigenvalue weighted by Gasteiger charge is 2.45. The van der Waals surface area contributed by atoms with E-state index in [2.05, 4.69) is 0 Å². The van der Waals surface area contributed by atoms with Gasteiger partial charge in [-0.05, 0) is 0 Å². The number of hydrogen-bond acceptors (Lipinski definition) is 0. The van der Waals surface area contributed by atoms with Gasteiger partial charge in [-0.2, -0.15) is 0 Å². The third kappa shape index (κ3) is 1.82. The number of fused-ring (bicyclic) bond motifs is 2. The van der Waals surface area contributed by atoms with E-state index in [-0.39, 0.29) is 0 Å². The van der Waals surface area contributed by atoms with Crippen LogP contribution in [0.1, 0.15) is 34.6 Å². The first-order valence-electron chi connectivity index (χ1n) is 6.10. The molecule has 2 aromatic rings. The van der Waals surface area contributed by atoms with Crippen molar-refractivity contribution < 1.29 is 43.9 Å². The molecule has 24 heavy (non-hydrogen) atoms. The molecule has 0 radical (unpaired) electrons. The topological polar surface area (TPSA) is 0 Å². The first-order chi connectivity index (χ1) is 11.1. The highest BCUT2D eigenvalue weighted by atomic mass is 19.2. The number of benzene rings is 2. The first kappa shape index (κ1) is 16.6. The van der Waals surface area contributed by atoms with Crippen LogP contribution in [0.4, 0.5) is 43.9 Å². The molecule has 0 amide bonds. The van der Waals surface area contributed by atoms with E-state index in [0.29, 0.717) is 0 Å². The molecule has 0 heterocycles. The summed E-state index contributed by atoms with van der Waals surface area (Å²) in [5.41, 5.74) is -7.18. The standard InChI is InChI=1S/C14H2F10/c15-5-1-2(8(18)12(22)11(21)7(1)17)6(16)4-3(5)9(19)13(23)14(24)10(4)20/h5-6H. The van der Waals surface area contributed by atoms with Gasteiger partial charge in [-0.25, -0.2) is 43.9 Å². The van der Waals surface area contributed by atoms with Gasteiger partial charge in [0.1, 0.15) is 0 Å². The van der Waals surface area contributed by atoms with E-state index >= 15 is 0 Å². The Morgan fingerprint density at radius 1 is 0.333 bits per heavy atom. The van der Waals surface area contributed by atoms with Crippen molar-refractivity contribution in [3.63, 3.8) is 0 Å². The molecule has 0 aromatic heterocycles. The Kier molecular flexibility index (Phi) is 3.54. The van der Waals surface area contributed by atoms with Crippen LogP contribution in [0.3, 0.4) is 0 Å². The van der Waals surface area contributed by atoms with Crippen LogP contribution in [-0.2, 0) is 0 Å². The van der Waals surface area contributed by atoms with Gasteiger partial charge in [0, 0.05) is 22.3 Å². The summed E-state index contributed by atoms with van der Waals surface area (Å²) in [7, 11) is 0. The Bertz CT molecular complexity index is 745. The summed E-state index contributed by atoms with van der Waals surface area (Å²) in [4.78, 5) is 0. The molecule has 0 bridgehead atoms. The predicted molar refractivity (Wildman–Crippen MR) is 58.4 cm³/mol. The summed E-state index contributed by atoms with van der Waals surface area (Å²) in [6.45, 7) is 0. The average Bonchev–Trinajstić information content (AvgIpc) is 2.55. The second kappa shape index (κ2) is 5.12. The molecule has 0 saturated heterocycles. The Labute approximate surface area is 126 Å².